The minimum Gasteiger partial charge on any atom is -0.507 e. The van der Waals surface area contributed by atoms with Crippen LogP contribution < -0.4 is 5.73 Å². The van der Waals surface area contributed by atoms with Crippen molar-refractivity contribution in [2.45, 2.75) is 33.6 Å². The van der Waals surface area contributed by atoms with Gasteiger partial charge in [0, 0.05) is 23.2 Å². The molecule has 4 rings (SSSR count). The van der Waals surface area contributed by atoms with Gasteiger partial charge in [-0.25, -0.2) is 0 Å². The lowest BCUT2D eigenvalue weighted by molar-refractivity contribution is -0.0987. The molecule has 0 atom stereocenters. The molecule has 9 heteroatoms. The number of likely N-dealkylation sites (tertiary alicyclic amines) is 1. The first-order valence-corrected chi connectivity index (χ1v) is 13.6. The number of aromatic hydroxyl groups is 1. The van der Waals surface area contributed by atoms with Crippen LogP contribution in [0.15, 0.2) is 71.3 Å². The van der Waals surface area contributed by atoms with Crippen LogP contribution in [0.5, 0.6) is 5.75 Å². The largest absolute Gasteiger partial charge is 0.507 e. The van der Waals surface area contributed by atoms with Gasteiger partial charge in [0.1, 0.15) is 19.3 Å². The normalized spacial score (nSPS) is 12.5. The van der Waals surface area contributed by atoms with E-state index in [-0.39, 0.29) is 5.75 Å². The lowest BCUT2D eigenvalue weighted by Gasteiger charge is -2.26. The summed E-state index contributed by atoms with van der Waals surface area (Å²) in [4.78, 5) is 19.8. The van der Waals surface area contributed by atoms with E-state index in [4.69, 9.17) is 15.3 Å². The van der Waals surface area contributed by atoms with Gasteiger partial charge in [-0.2, -0.15) is 5.10 Å². The molecular formula is C29H43BrN4O3S. The van der Waals surface area contributed by atoms with Gasteiger partial charge in [0.2, 0.25) is 0 Å². The average Bonchev–Trinajstić information content (AvgIpc) is 3.53. The number of benzene rings is 1. The van der Waals surface area contributed by atoms with Crippen LogP contribution in [0, 0.1) is 19.8 Å². The van der Waals surface area contributed by atoms with Gasteiger partial charge in [0.05, 0.1) is 10.7 Å². The van der Waals surface area contributed by atoms with Crippen LogP contribution in [0.3, 0.4) is 0 Å². The van der Waals surface area contributed by atoms with Crippen LogP contribution >= 0.6 is 27.3 Å². The van der Waals surface area contributed by atoms with Gasteiger partial charge in [0.15, 0.2) is 0 Å². The van der Waals surface area contributed by atoms with Crippen molar-refractivity contribution in [1.29, 1.82) is 0 Å². The molecule has 1 saturated heterocycles. The number of aromatic nitrogens is 2. The molecule has 0 saturated carbocycles. The topological polar surface area (TPSA) is 101 Å². The number of allylic oxidation sites excluding steroid dienone is 2. The SMILES string of the molecule is C=C(/C=C/N)c1ccccc1O.C=O.C=O.CC1CCN(C)CC1.Cc1c(Br)cnn1C.Cc1cccs1. The quantitative estimate of drug-likeness (QED) is 0.327. The zero-order chi connectivity index (χ0) is 29.5. The zero-order valence-electron chi connectivity index (χ0n) is 23.3. The Morgan fingerprint density at radius 2 is 1.68 bits per heavy atom. The Labute approximate surface area is 240 Å². The highest BCUT2D eigenvalue weighted by molar-refractivity contribution is 9.10. The van der Waals surface area contributed by atoms with E-state index in [2.05, 4.69) is 70.9 Å². The summed E-state index contributed by atoms with van der Waals surface area (Å²) in [7, 11) is 4.12. The summed E-state index contributed by atoms with van der Waals surface area (Å²) in [6.45, 7) is 16.8. The van der Waals surface area contributed by atoms with E-state index < -0.39 is 0 Å². The predicted molar refractivity (Wildman–Crippen MR) is 165 cm³/mol. The van der Waals surface area contributed by atoms with Crippen molar-refractivity contribution in [3.8, 4) is 5.75 Å². The molecule has 0 unspecified atom stereocenters. The summed E-state index contributed by atoms with van der Waals surface area (Å²) in [5, 5.41) is 15.4. The summed E-state index contributed by atoms with van der Waals surface area (Å²) in [5.74, 6) is 1.20. The number of rotatable bonds is 2. The lowest BCUT2D eigenvalue weighted by atomic mass is 10.00. The van der Waals surface area contributed by atoms with Crippen molar-refractivity contribution in [3.63, 3.8) is 0 Å². The first kappa shape index (κ1) is 37.1. The second-order valence-corrected chi connectivity index (χ2v) is 10.3. The Kier molecular flexibility index (Phi) is 22.6. The van der Waals surface area contributed by atoms with Crippen molar-refractivity contribution >= 4 is 46.4 Å². The van der Waals surface area contributed by atoms with Crippen LogP contribution in [-0.2, 0) is 16.6 Å². The number of nitrogens with zero attached hydrogens (tertiary/aromatic N) is 3. The summed E-state index contributed by atoms with van der Waals surface area (Å²) in [6.07, 6.45) is 7.63. The van der Waals surface area contributed by atoms with Crippen molar-refractivity contribution in [2.24, 2.45) is 18.7 Å². The Morgan fingerprint density at radius 3 is 2.00 bits per heavy atom. The molecule has 3 aromatic rings. The highest BCUT2D eigenvalue weighted by Gasteiger charge is 2.10. The van der Waals surface area contributed by atoms with Gasteiger partial charge in [0.25, 0.3) is 0 Å². The number of hydrogen-bond acceptors (Lipinski definition) is 7. The molecule has 7 nitrogen and oxygen atoms in total. The van der Waals surface area contributed by atoms with E-state index in [1.807, 2.05) is 38.3 Å². The fourth-order valence-electron chi connectivity index (χ4n) is 2.92. The van der Waals surface area contributed by atoms with Gasteiger partial charge in [-0.1, -0.05) is 37.8 Å². The molecule has 1 fully saturated rings. The van der Waals surface area contributed by atoms with Crippen molar-refractivity contribution < 1.29 is 14.7 Å². The van der Waals surface area contributed by atoms with Crippen LogP contribution in [0.25, 0.3) is 5.57 Å². The summed E-state index contributed by atoms with van der Waals surface area (Å²) >= 11 is 5.11. The second-order valence-electron chi connectivity index (χ2n) is 8.31. The van der Waals surface area contributed by atoms with Gasteiger partial charge in [-0.3, -0.25) is 4.68 Å². The number of nitrogens with two attached hydrogens (primary N) is 1. The Morgan fingerprint density at radius 1 is 1.11 bits per heavy atom. The smallest absolute Gasteiger partial charge is 0.123 e. The maximum absolute atomic E-state index is 9.37. The third-order valence-electron chi connectivity index (χ3n) is 5.39. The lowest BCUT2D eigenvalue weighted by Crippen LogP contribution is -2.28. The first-order chi connectivity index (χ1) is 18.1. The molecule has 2 aromatic heterocycles. The average molecular weight is 608 g/mol. The molecule has 1 aliphatic rings. The molecule has 0 aliphatic carbocycles. The van der Waals surface area contributed by atoms with E-state index >= 15 is 0 Å². The third-order valence-corrected chi connectivity index (χ3v) is 6.97. The second kappa shape index (κ2) is 23.1. The number of carbonyl (C=O) groups is 2. The van der Waals surface area contributed by atoms with Crippen molar-refractivity contribution in [1.82, 2.24) is 14.7 Å². The highest BCUT2D eigenvalue weighted by Crippen LogP contribution is 2.23. The number of para-hydroxylation sites is 1. The van der Waals surface area contributed by atoms with Gasteiger partial charge in [-0.15, -0.1) is 11.3 Å². The molecule has 3 N–H and O–H groups in total. The number of thiophene rings is 1. The zero-order valence-corrected chi connectivity index (χ0v) is 25.7. The van der Waals surface area contributed by atoms with Gasteiger partial charge < -0.3 is 25.3 Å². The molecule has 210 valence electrons. The summed E-state index contributed by atoms with van der Waals surface area (Å²) in [6, 6.07) is 11.2. The molecule has 1 aliphatic heterocycles. The molecule has 3 heterocycles. The van der Waals surface area contributed by atoms with E-state index in [1.165, 1.54) is 37.0 Å². The number of phenolic OH excluding ortho intramolecular Hbond substituents is 1. The molecule has 0 spiro atoms. The van der Waals surface area contributed by atoms with Crippen molar-refractivity contribution in [3.05, 3.63) is 87.4 Å². The maximum Gasteiger partial charge on any atom is 0.123 e. The van der Waals surface area contributed by atoms with E-state index in [0.717, 1.165) is 16.1 Å². The monoisotopic (exact) mass is 606 g/mol. The minimum absolute atomic E-state index is 0.223. The van der Waals surface area contributed by atoms with Gasteiger partial charge >= 0.3 is 0 Å². The number of carbonyl (C=O) groups excluding carboxylic acids is 2. The number of hydrogen-bond donors (Lipinski definition) is 2. The molecule has 0 amide bonds. The molecular weight excluding hydrogens is 564 g/mol. The van der Waals surface area contributed by atoms with Crippen LogP contribution in [-0.4, -0.2) is 53.5 Å². The van der Waals surface area contributed by atoms with Crippen LogP contribution in [0.4, 0.5) is 0 Å². The Balaban J connectivity index is 0. The third kappa shape index (κ3) is 16.7. The van der Waals surface area contributed by atoms with Crippen LogP contribution in [0.1, 0.15) is 35.9 Å². The Bertz CT molecular complexity index is 999. The highest BCUT2D eigenvalue weighted by atomic mass is 79.9. The summed E-state index contributed by atoms with van der Waals surface area (Å²) in [5.41, 5.74) is 7.76. The first-order valence-electron chi connectivity index (χ1n) is 11.9. The predicted octanol–water partition coefficient (Wildman–Crippen LogP) is 6.40. The standard InChI is InChI=1S/C10H11NO.C7H15N.C5H7BrN2.C5H6S.2CH2O/c1-8(6-7-11)9-4-2-3-5-10(9)12;1-7-3-5-8(2)6-4-7;1-4-5(6)3-7-8(4)2;1-5-3-2-4-6-5;2*1-2/h2-7,12H,1,11H2;7H,3-6H2,1-2H3;3H,1-2H3;2-4H,1H3;2*1H2/b7-6+;;;;;. The van der Waals surface area contributed by atoms with E-state index in [0.29, 0.717) is 11.1 Å². The minimum atomic E-state index is 0.223. The van der Waals surface area contributed by atoms with Gasteiger partial charge in [-0.05, 0) is 104 Å². The van der Waals surface area contributed by atoms with E-state index in [9.17, 15) is 5.11 Å². The fraction of sp³-hybridized carbons (Fsp3) is 0.345. The number of aryl methyl sites for hydroxylation is 2. The number of piperidine rings is 1. The molecule has 0 bridgehead atoms. The molecule has 1 aromatic carbocycles. The molecule has 38 heavy (non-hydrogen) atoms. The Hall–Kier alpha value is -3.01. The van der Waals surface area contributed by atoms with E-state index in [1.54, 1.807) is 41.8 Å². The number of phenols is 1. The number of halogens is 1. The molecule has 0 radical (unpaired) electrons. The fourth-order valence-corrected chi connectivity index (χ4v) is 3.80. The maximum atomic E-state index is 9.37. The van der Waals surface area contributed by atoms with Crippen LogP contribution in [0.2, 0.25) is 0 Å². The van der Waals surface area contributed by atoms with Crippen molar-refractivity contribution in [2.75, 3.05) is 20.1 Å². The summed E-state index contributed by atoms with van der Waals surface area (Å²) < 4.78 is 2.89.